The molecule has 1 aliphatic carbocycles. The van der Waals surface area contributed by atoms with Gasteiger partial charge in [-0.05, 0) is 15.9 Å². The number of alkyl halides is 3. The Morgan fingerprint density at radius 1 is 1.38 bits per heavy atom. The second-order valence-electron chi connectivity index (χ2n) is 2.48. The largest absolute Gasteiger partial charge is 0.381 e. The van der Waals surface area contributed by atoms with Crippen molar-refractivity contribution in [1.29, 1.82) is 0 Å². The van der Waals surface area contributed by atoms with E-state index in [-0.39, 0.29) is 5.78 Å². The minimum absolute atomic E-state index is 0.182. The first kappa shape index (κ1) is 12.8. The van der Waals surface area contributed by atoms with Crippen LogP contribution in [0.1, 0.15) is 0 Å². The SMILES string of the molecule is O=C1C(Br)=C(Br)[C@@](O)(C(Br)Br)[C@@H]1Br. The number of halogens is 5. The van der Waals surface area contributed by atoms with Crippen LogP contribution in [0.4, 0.5) is 0 Å². The van der Waals surface area contributed by atoms with Crippen LogP contribution >= 0.6 is 79.6 Å². The molecule has 2 nitrogen and oxygen atoms in total. The number of aliphatic hydroxyl groups is 1. The van der Waals surface area contributed by atoms with Crippen molar-refractivity contribution >= 4 is 85.4 Å². The van der Waals surface area contributed by atoms with E-state index in [1.807, 2.05) is 0 Å². The van der Waals surface area contributed by atoms with Gasteiger partial charge in [-0.1, -0.05) is 63.7 Å². The van der Waals surface area contributed by atoms with Crippen molar-refractivity contribution in [2.75, 3.05) is 0 Å². The van der Waals surface area contributed by atoms with Crippen molar-refractivity contribution in [3.05, 3.63) is 8.96 Å². The smallest absolute Gasteiger partial charge is 0.187 e. The summed E-state index contributed by atoms with van der Waals surface area (Å²) in [5.41, 5.74) is -1.30. The number of hydrogen-bond donors (Lipinski definition) is 1. The standard InChI is InChI=1S/C6H3Br5O2/c7-1-2(12)4(9)6(13,3(1)8)5(10)11/h4-5,13H/t4-,6+/m1/s1. The van der Waals surface area contributed by atoms with Gasteiger partial charge in [0.15, 0.2) is 5.78 Å². The molecule has 0 spiro atoms. The Kier molecular flexibility index (Phi) is 4.28. The van der Waals surface area contributed by atoms with E-state index in [0.29, 0.717) is 8.96 Å². The van der Waals surface area contributed by atoms with Gasteiger partial charge in [0.05, 0.1) is 4.48 Å². The van der Waals surface area contributed by atoms with Crippen LogP contribution in [0.2, 0.25) is 0 Å². The van der Waals surface area contributed by atoms with E-state index in [1.54, 1.807) is 0 Å². The van der Waals surface area contributed by atoms with Gasteiger partial charge in [0, 0.05) is 4.48 Å². The molecular weight excluding hydrogens is 504 g/mol. The van der Waals surface area contributed by atoms with Gasteiger partial charge in [0.1, 0.15) is 14.2 Å². The van der Waals surface area contributed by atoms with E-state index in [1.165, 1.54) is 0 Å². The Hall–Kier alpha value is 1.77. The lowest BCUT2D eigenvalue weighted by Gasteiger charge is -2.28. The first-order valence-corrected chi connectivity index (χ1v) is 7.41. The van der Waals surface area contributed by atoms with Gasteiger partial charge in [0.25, 0.3) is 0 Å². The van der Waals surface area contributed by atoms with Gasteiger partial charge in [-0.15, -0.1) is 0 Å². The maximum absolute atomic E-state index is 11.5. The third-order valence-electron chi connectivity index (χ3n) is 1.71. The number of allylic oxidation sites excluding steroid dienone is 1. The predicted molar refractivity (Wildman–Crippen MR) is 69.2 cm³/mol. The summed E-state index contributed by atoms with van der Waals surface area (Å²) in [4.78, 5) is 10.8. The maximum Gasteiger partial charge on any atom is 0.187 e. The van der Waals surface area contributed by atoms with Gasteiger partial charge in [-0.2, -0.15) is 0 Å². The molecule has 1 aliphatic rings. The topological polar surface area (TPSA) is 37.3 Å². The molecule has 74 valence electrons. The van der Waals surface area contributed by atoms with Crippen molar-refractivity contribution < 1.29 is 9.90 Å². The molecule has 0 radical (unpaired) electrons. The van der Waals surface area contributed by atoms with E-state index in [0.717, 1.165) is 0 Å². The van der Waals surface area contributed by atoms with Crippen molar-refractivity contribution in [3.8, 4) is 0 Å². The zero-order valence-corrected chi connectivity index (χ0v) is 13.8. The van der Waals surface area contributed by atoms with E-state index in [4.69, 9.17) is 0 Å². The normalized spacial score (nSPS) is 35.0. The van der Waals surface area contributed by atoms with Crippen LogP contribution in [0.3, 0.4) is 0 Å². The highest BCUT2D eigenvalue weighted by Crippen LogP contribution is 2.48. The molecule has 0 saturated heterocycles. The van der Waals surface area contributed by atoms with E-state index in [9.17, 15) is 9.90 Å². The van der Waals surface area contributed by atoms with Crippen molar-refractivity contribution in [2.45, 2.75) is 14.2 Å². The predicted octanol–water partition coefficient (Wildman–Crippen LogP) is 3.18. The molecule has 13 heavy (non-hydrogen) atoms. The summed E-state index contributed by atoms with van der Waals surface area (Å²) in [7, 11) is 0. The second kappa shape index (κ2) is 4.33. The zero-order valence-electron chi connectivity index (χ0n) is 5.90. The number of carbonyl (C=O) groups excluding carboxylic acids is 1. The number of rotatable bonds is 1. The summed E-state index contributed by atoms with van der Waals surface area (Å²) in [6.45, 7) is 0. The Balaban J connectivity index is 3.22. The Labute approximate surface area is 117 Å². The first-order chi connectivity index (χ1) is 5.83. The molecule has 0 aromatic rings. The van der Waals surface area contributed by atoms with E-state index < -0.39 is 14.2 Å². The Bertz CT molecular complexity index is 287. The summed E-state index contributed by atoms with van der Waals surface area (Å²) in [5.74, 6) is -0.182. The lowest BCUT2D eigenvalue weighted by atomic mass is 10.1. The maximum atomic E-state index is 11.5. The summed E-state index contributed by atoms with van der Waals surface area (Å²) in [5, 5.41) is 10.2. The average Bonchev–Trinajstić information content (AvgIpc) is 2.22. The molecule has 0 unspecified atom stereocenters. The van der Waals surface area contributed by atoms with Crippen molar-refractivity contribution in [1.82, 2.24) is 0 Å². The third kappa shape index (κ3) is 1.89. The quantitative estimate of drug-likeness (QED) is 0.555. The molecule has 0 amide bonds. The molecular formula is C6H3Br5O2. The third-order valence-corrected chi connectivity index (χ3v) is 6.57. The molecule has 0 aromatic heterocycles. The van der Waals surface area contributed by atoms with Crippen LogP contribution in [0.15, 0.2) is 8.96 Å². The molecule has 1 N–H and O–H groups in total. The van der Waals surface area contributed by atoms with Crippen LogP contribution in [0, 0.1) is 0 Å². The number of Topliss-reactive ketones (excluding diaryl/α,β-unsaturated/α-hetero) is 1. The average molecular weight is 507 g/mol. The van der Waals surface area contributed by atoms with E-state index in [2.05, 4.69) is 79.6 Å². The van der Waals surface area contributed by atoms with Crippen LogP contribution in [0.5, 0.6) is 0 Å². The summed E-state index contributed by atoms with van der Waals surface area (Å²) in [6, 6.07) is 0. The van der Waals surface area contributed by atoms with Crippen LogP contribution in [-0.2, 0) is 4.79 Å². The van der Waals surface area contributed by atoms with E-state index >= 15 is 0 Å². The highest BCUT2D eigenvalue weighted by atomic mass is 79.9. The summed E-state index contributed by atoms with van der Waals surface area (Å²) >= 11 is 15.8. The molecule has 0 aromatic carbocycles. The fourth-order valence-corrected chi connectivity index (χ4v) is 5.76. The molecule has 0 saturated carbocycles. The summed E-state index contributed by atoms with van der Waals surface area (Å²) in [6.07, 6.45) is 0. The molecule has 0 bridgehead atoms. The first-order valence-electron chi connectivity index (χ1n) is 3.08. The molecule has 0 aliphatic heterocycles. The van der Waals surface area contributed by atoms with Gasteiger partial charge in [-0.25, -0.2) is 0 Å². The summed E-state index contributed by atoms with van der Waals surface area (Å²) < 4.78 is 0.386. The Morgan fingerprint density at radius 3 is 2.00 bits per heavy atom. The molecule has 7 heteroatoms. The van der Waals surface area contributed by atoms with Crippen molar-refractivity contribution in [3.63, 3.8) is 0 Å². The lowest BCUT2D eigenvalue weighted by Crippen LogP contribution is -2.43. The molecule has 1 rings (SSSR count). The molecule has 2 atom stereocenters. The van der Waals surface area contributed by atoms with Gasteiger partial charge in [-0.3, -0.25) is 4.79 Å². The van der Waals surface area contributed by atoms with Gasteiger partial charge >= 0.3 is 0 Å². The highest BCUT2D eigenvalue weighted by Gasteiger charge is 2.53. The molecule has 0 fully saturated rings. The van der Waals surface area contributed by atoms with Crippen molar-refractivity contribution in [2.24, 2.45) is 0 Å². The number of hydrogen-bond acceptors (Lipinski definition) is 2. The van der Waals surface area contributed by atoms with Crippen LogP contribution in [0.25, 0.3) is 0 Å². The number of carbonyl (C=O) groups is 1. The minimum Gasteiger partial charge on any atom is -0.381 e. The lowest BCUT2D eigenvalue weighted by molar-refractivity contribution is -0.115. The molecule has 0 heterocycles. The van der Waals surface area contributed by atoms with Crippen LogP contribution in [-0.4, -0.2) is 25.1 Å². The Morgan fingerprint density at radius 2 is 1.85 bits per heavy atom. The highest BCUT2D eigenvalue weighted by molar-refractivity contribution is 9.24. The monoisotopic (exact) mass is 502 g/mol. The van der Waals surface area contributed by atoms with Gasteiger partial charge in [0.2, 0.25) is 0 Å². The second-order valence-corrected chi connectivity index (χ2v) is 8.04. The fraction of sp³-hybridized carbons (Fsp3) is 0.500. The minimum atomic E-state index is -1.30. The zero-order chi connectivity index (χ0) is 10.4. The fourth-order valence-electron chi connectivity index (χ4n) is 0.913. The van der Waals surface area contributed by atoms with Crippen LogP contribution < -0.4 is 0 Å². The van der Waals surface area contributed by atoms with Gasteiger partial charge < -0.3 is 5.11 Å². The number of ketones is 1.